The monoisotopic (exact) mass is 400 g/mol. The number of hydrogen-bond acceptors (Lipinski definition) is 2. The van der Waals surface area contributed by atoms with Crippen LogP contribution in [0, 0.1) is 3.57 Å². The van der Waals surface area contributed by atoms with Crippen molar-refractivity contribution in [2.45, 2.75) is 25.0 Å². The fourth-order valence-corrected chi connectivity index (χ4v) is 2.82. The molecule has 1 atom stereocenters. The zero-order valence-corrected chi connectivity index (χ0v) is 13.6. The molecule has 1 fully saturated rings. The first-order valence-electron chi connectivity index (χ1n) is 6.53. The Morgan fingerprint density at radius 1 is 1.15 bits per heavy atom. The van der Waals surface area contributed by atoms with E-state index in [-0.39, 0.29) is 0 Å². The molecular formula is C16H14ClIO2. The summed E-state index contributed by atoms with van der Waals surface area (Å²) in [6, 6.07) is 13.2. The molecule has 3 rings (SSSR count). The predicted octanol–water partition coefficient (Wildman–Crippen LogP) is 4.57. The fraction of sp³-hybridized carbons (Fsp3) is 0.250. The molecule has 20 heavy (non-hydrogen) atoms. The van der Waals surface area contributed by atoms with Crippen LogP contribution in [0.15, 0.2) is 42.5 Å². The molecule has 4 heteroatoms. The quantitative estimate of drug-likeness (QED) is 0.762. The molecule has 0 aliphatic heterocycles. The SMILES string of the molecule is OC(c1ccc(OC2CC2)cc1)c1cc(Cl)ccc1I. The van der Waals surface area contributed by atoms with E-state index in [0.717, 1.165) is 33.3 Å². The highest BCUT2D eigenvalue weighted by Gasteiger charge is 2.23. The molecule has 1 aliphatic rings. The van der Waals surface area contributed by atoms with Crippen LogP contribution in [0.5, 0.6) is 5.75 Å². The first kappa shape index (κ1) is 14.2. The van der Waals surface area contributed by atoms with Crippen LogP contribution in [0.3, 0.4) is 0 Å². The molecule has 2 aromatic rings. The smallest absolute Gasteiger partial charge is 0.119 e. The van der Waals surface area contributed by atoms with Crippen molar-refractivity contribution in [2.75, 3.05) is 0 Å². The van der Waals surface area contributed by atoms with Crippen molar-refractivity contribution in [2.24, 2.45) is 0 Å². The second-order valence-corrected chi connectivity index (χ2v) is 6.55. The summed E-state index contributed by atoms with van der Waals surface area (Å²) in [7, 11) is 0. The van der Waals surface area contributed by atoms with Gasteiger partial charge in [0.1, 0.15) is 11.9 Å². The Bertz CT molecular complexity index is 608. The van der Waals surface area contributed by atoms with Crippen molar-refractivity contribution in [1.29, 1.82) is 0 Å². The summed E-state index contributed by atoms with van der Waals surface area (Å²) in [6.07, 6.45) is 2.01. The maximum atomic E-state index is 10.5. The highest BCUT2D eigenvalue weighted by atomic mass is 127. The Morgan fingerprint density at radius 3 is 2.50 bits per heavy atom. The third-order valence-corrected chi connectivity index (χ3v) is 4.49. The molecule has 2 aromatic carbocycles. The molecule has 0 radical (unpaired) electrons. The summed E-state index contributed by atoms with van der Waals surface area (Å²) >= 11 is 8.21. The zero-order valence-electron chi connectivity index (χ0n) is 10.7. The lowest BCUT2D eigenvalue weighted by Gasteiger charge is -2.14. The maximum Gasteiger partial charge on any atom is 0.119 e. The molecular weight excluding hydrogens is 387 g/mol. The number of ether oxygens (including phenoxy) is 1. The second-order valence-electron chi connectivity index (χ2n) is 4.95. The summed E-state index contributed by atoms with van der Waals surface area (Å²) in [5, 5.41) is 11.1. The van der Waals surface area contributed by atoms with E-state index < -0.39 is 6.10 Å². The molecule has 1 N–H and O–H groups in total. The van der Waals surface area contributed by atoms with Crippen molar-refractivity contribution in [3.05, 3.63) is 62.2 Å². The minimum absolute atomic E-state index is 0.389. The average Bonchev–Trinajstić information content (AvgIpc) is 3.26. The molecule has 1 saturated carbocycles. The molecule has 2 nitrogen and oxygen atoms in total. The van der Waals surface area contributed by atoms with Gasteiger partial charge < -0.3 is 9.84 Å². The van der Waals surface area contributed by atoms with Crippen LogP contribution in [0.2, 0.25) is 5.02 Å². The van der Waals surface area contributed by atoms with Gasteiger partial charge in [0.05, 0.1) is 6.10 Å². The van der Waals surface area contributed by atoms with Crippen LogP contribution in [0.4, 0.5) is 0 Å². The van der Waals surface area contributed by atoms with E-state index >= 15 is 0 Å². The summed E-state index contributed by atoms with van der Waals surface area (Å²) in [5.41, 5.74) is 1.67. The first-order chi connectivity index (χ1) is 9.63. The summed E-state index contributed by atoms with van der Waals surface area (Å²) in [4.78, 5) is 0. The Morgan fingerprint density at radius 2 is 1.85 bits per heavy atom. The van der Waals surface area contributed by atoms with E-state index in [4.69, 9.17) is 16.3 Å². The maximum absolute atomic E-state index is 10.5. The van der Waals surface area contributed by atoms with E-state index in [2.05, 4.69) is 22.6 Å². The van der Waals surface area contributed by atoms with Gasteiger partial charge in [0.15, 0.2) is 0 Å². The van der Waals surface area contributed by atoms with Gasteiger partial charge in [-0.1, -0.05) is 23.7 Å². The van der Waals surface area contributed by atoms with E-state index in [0.29, 0.717) is 11.1 Å². The van der Waals surface area contributed by atoms with E-state index in [1.807, 2.05) is 42.5 Å². The van der Waals surface area contributed by atoms with Gasteiger partial charge in [-0.3, -0.25) is 0 Å². The standard InChI is InChI=1S/C16H14ClIO2/c17-11-3-8-15(18)14(9-11)16(19)10-1-4-12(5-2-10)20-13-6-7-13/h1-5,8-9,13,16,19H,6-7H2. The fourth-order valence-electron chi connectivity index (χ4n) is 2.01. The summed E-state index contributed by atoms with van der Waals surface area (Å²) < 4.78 is 6.70. The van der Waals surface area contributed by atoms with Crippen LogP contribution < -0.4 is 4.74 Å². The highest BCUT2D eigenvalue weighted by Crippen LogP contribution is 2.31. The van der Waals surface area contributed by atoms with Gasteiger partial charge in [-0.2, -0.15) is 0 Å². The number of aliphatic hydroxyl groups excluding tert-OH is 1. The average molecular weight is 401 g/mol. The van der Waals surface area contributed by atoms with Gasteiger partial charge in [0.25, 0.3) is 0 Å². The lowest BCUT2D eigenvalue weighted by atomic mass is 10.0. The van der Waals surface area contributed by atoms with Crippen molar-refractivity contribution in [1.82, 2.24) is 0 Å². The lowest BCUT2D eigenvalue weighted by molar-refractivity contribution is 0.219. The summed E-state index contributed by atoms with van der Waals surface area (Å²) in [6.45, 7) is 0. The van der Waals surface area contributed by atoms with Crippen LogP contribution in [0.25, 0.3) is 0 Å². The number of halogens is 2. The van der Waals surface area contributed by atoms with Crippen molar-refractivity contribution in [3.63, 3.8) is 0 Å². The number of benzene rings is 2. The van der Waals surface area contributed by atoms with Crippen molar-refractivity contribution in [3.8, 4) is 5.75 Å². The molecule has 0 saturated heterocycles. The summed E-state index contributed by atoms with van der Waals surface area (Å²) in [5.74, 6) is 0.865. The molecule has 1 aliphatic carbocycles. The van der Waals surface area contributed by atoms with Crippen molar-refractivity contribution >= 4 is 34.2 Å². The van der Waals surface area contributed by atoms with Gasteiger partial charge in [0.2, 0.25) is 0 Å². The number of aliphatic hydroxyl groups is 1. The first-order valence-corrected chi connectivity index (χ1v) is 7.99. The lowest BCUT2D eigenvalue weighted by Crippen LogP contribution is -2.02. The molecule has 0 bridgehead atoms. The third kappa shape index (κ3) is 3.27. The Kier molecular flexibility index (Phi) is 4.19. The van der Waals surface area contributed by atoms with E-state index in [9.17, 15) is 5.11 Å². The Balaban J connectivity index is 1.81. The molecule has 104 valence electrons. The van der Waals surface area contributed by atoms with E-state index in [1.165, 1.54) is 0 Å². The van der Waals surface area contributed by atoms with Gasteiger partial charge in [0, 0.05) is 8.59 Å². The molecule has 0 spiro atoms. The van der Waals surface area contributed by atoms with E-state index in [1.54, 1.807) is 0 Å². The van der Waals surface area contributed by atoms with Crippen LogP contribution >= 0.6 is 34.2 Å². The van der Waals surface area contributed by atoms with Gasteiger partial charge in [-0.25, -0.2) is 0 Å². The van der Waals surface area contributed by atoms with Crippen LogP contribution in [-0.4, -0.2) is 11.2 Å². The normalized spacial score (nSPS) is 15.9. The van der Waals surface area contributed by atoms with Crippen LogP contribution in [-0.2, 0) is 0 Å². The number of hydrogen-bond donors (Lipinski definition) is 1. The Hall–Kier alpha value is -0.780. The third-order valence-electron chi connectivity index (χ3n) is 3.28. The molecule has 1 unspecified atom stereocenters. The Labute approximate surface area is 136 Å². The molecule has 0 aromatic heterocycles. The predicted molar refractivity (Wildman–Crippen MR) is 88.3 cm³/mol. The largest absolute Gasteiger partial charge is 0.490 e. The number of rotatable bonds is 4. The topological polar surface area (TPSA) is 29.5 Å². The second kappa shape index (κ2) is 5.92. The minimum Gasteiger partial charge on any atom is -0.490 e. The van der Waals surface area contributed by atoms with Gasteiger partial charge in [-0.05, 0) is 76.9 Å². The molecule has 0 amide bonds. The van der Waals surface area contributed by atoms with Crippen LogP contribution in [0.1, 0.15) is 30.1 Å². The minimum atomic E-state index is -0.671. The zero-order chi connectivity index (χ0) is 14.1. The highest BCUT2D eigenvalue weighted by molar-refractivity contribution is 14.1. The van der Waals surface area contributed by atoms with Gasteiger partial charge in [-0.15, -0.1) is 0 Å². The van der Waals surface area contributed by atoms with Gasteiger partial charge >= 0.3 is 0 Å². The van der Waals surface area contributed by atoms with Crippen molar-refractivity contribution < 1.29 is 9.84 Å². The molecule has 0 heterocycles.